The first-order valence-corrected chi connectivity index (χ1v) is 6.78. The topological polar surface area (TPSA) is 40.5 Å². The molecule has 4 aliphatic carbocycles. The van der Waals surface area contributed by atoms with Crippen molar-refractivity contribution in [3.8, 4) is 0 Å². The van der Waals surface area contributed by atoms with Gasteiger partial charge < -0.3 is 10.2 Å². The van der Waals surface area contributed by atoms with Crippen LogP contribution in [0.3, 0.4) is 0 Å². The summed E-state index contributed by atoms with van der Waals surface area (Å²) in [6.45, 7) is 2.92. The van der Waals surface area contributed by atoms with E-state index in [1.165, 1.54) is 0 Å². The van der Waals surface area contributed by atoms with E-state index in [1.54, 1.807) is 0 Å². The SMILES string of the molecule is C=C(O)C(F)(F)C(O)C12CC3CC(CC(C3)C1)C2. The minimum atomic E-state index is -3.58. The summed E-state index contributed by atoms with van der Waals surface area (Å²) < 4.78 is 27.7. The highest BCUT2D eigenvalue weighted by Gasteiger charge is 2.60. The van der Waals surface area contributed by atoms with Crippen LogP contribution in [0, 0.1) is 23.2 Å². The molecule has 0 amide bonds. The summed E-state index contributed by atoms with van der Waals surface area (Å²) in [7, 11) is 0. The Hall–Kier alpha value is -0.640. The highest BCUT2D eigenvalue weighted by molar-refractivity contribution is 5.12. The highest BCUT2D eigenvalue weighted by atomic mass is 19.3. The Morgan fingerprint density at radius 2 is 1.50 bits per heavy atom. The zero-order chi connectivity index (χ0) is 13.1. The fourth-order valence-electron chi connectivity index (χ4n) is 5.05. The number of hydrogen-bond donors (Lipinski definition) is 2. The van der Waals surface area contributed by atoms with Crippen LogP contribution in [0.15, 0.2) is 12.3 Å². The summed E-state index contributed by atoms with van der Waals surface area (Å²) >= 11 is 0. The molecule has 1 unspecified atom stereocenters. The Bertz CT molecular complexity index is 343. The van der Waals surface area contributed by atoms with Crippen LogP contribution in [0.5, 0.6) is 0 Å². The molecule has 1 atom stereocenters. The van der Waals surface area contributed by atoms with Crippen LogP contribution in [-0.4, -0.2) is 22.2 Å². The molecule has 4 bridgehead atoms. The minimum Gasteiger partial charge on any atom is -0.507 e. The third-order valence-electron chi connectivity index (χ3n) is 5.39. The molecule has 0 aromatic rings. The molecule has 0 aromatic heterocycles. The maximum Gasteiger partial charge on any atom is 0.328 e. The second-order valence-corrected chi connectivity index (χ2v) is 6.75. The highest BCUT2D eigenvalue weighted by Crippen LogP contribution is 2.63. The number of aliphatic hydroxyl groups excluding tert-OH is 2. The minimum absolute atomic E-state index is 0.494. The number of alkyl halides is 2. The first-order valence-electron chi connectivity index (χ1n) is 6.78. The Kier molecular flexibility index (Phi) is 2.54. The van der Waals surface area contributed by atoms with Crippen molar-refractivity contribution in [2.75, 3.05) is 0 Å². The van der Waals surface area contributed by atoms with Gasteiger partial charge in [-0.1, -0.05) is 6.58 Å². The summed E-state index contributed by atoms with van der Waals surface area (Å²) in [5.41, 5.74) is -0.691. The molecule has 4 rings (SSSR count). The molecule has 2 nitrogen and oxygen atoms in total. The zero-order valence-corrected chi connectivity index (χ0v) is 10.4. The maximum absolute atomic E-state index is 13.8. The number of halogens is 2. The lowest BCUT2D eigenvalue weighted by atomic mass is 9.47. The third kappa shape index (κ3) is 1.61. The summed E-state index contributed by atoms with van der Waals surface area (Å²) in [5.74, 6) is -3.30. The van der Waals surface area contributed by atoms with Gasteiger partial charge in [0.25, 0.3) is 0 Å². The second-order valence-electron chi connectivity index (χ2n) is 6.75. The van der Waals surface area contributed by atoms with Gasteiger partial charge in [0.1, 0.15) is 6.10 Å². The zero-order valence-electron chi connectivity index (χ0n) is 10.4. The van der Waals surface area contributed by atoms with E-state index >= 15 is 0 Å². The number of rotatable bonds is 3. The van der Waals surface area contributed by atoms with Crippen molar-refractivity contribution in [1.29, 1.82) is 0 Å². The van der Waals surface area contributed by atoms with Gasteiger partial charge in [-0.25, -0.2) is 0 Å². The van der Waals surface area contributed by atoms with E-state index in [9.17, 15) is 13.9 Å². The fourth-order valence-corrected chi connectivity index (χ4v) is 5.05. The molecule has 0 radical (unpaired) electrons. The molecule has 0 aliphatic heterocycles. The van der Waals surface area contributed by atoms with Crippen LogP contribution < -0.4 is 0 Å². The third-order valence-corrected chi connectivity index (χ3v) is 5.39. The summed E-state index contributed by atoms with van der Waals surface area (Å²) in [4.78, 5) is 0. The Balaban J connectivity index is 1.89. The second kappa shape index (κ2) is 3.69. The Morgan fingerprint density at radius 1 is 1.11 bits per heavy atom. The van der Waals surface area contributed by atoms with Gasteiger partial charge in [-0.3, -0.25) is 0 Å². The lowest BCUT2D eigenvalue weighted by Gasteiger charge is -2.59. The van der Waals surface area contributed by atoms with Gasteiger partial charge in [-0.2, -0.15) is 8.78 Å². The van der Waals surface area contributed by atoms with Gasteiger partial charge in [0, 0.05) is 5.41 Å². The lowest BCUT2D eigenvalue weighted by molar-refractivity contribution is -0.203. The van der Waals surface area contributed by atoms with Crippen molar-refractivity contribution in [2.24, 2.45) is 23.2 Å². The maximum atomic E-state index is 13.8. The fraction of sp³-hybridized carbons (Fsp3) is 0.857. The van der Waals surface area contributed by atoms with Crippen molar-refractivity contribution in [1.82, 2.24) is 0 Å². The molecule has 102 valence electrons. The monoisotopic (exact) mass is 258 g/mol. The van der Waals surface area contributed by atoms with Crippen molar-refractivity contribution in [3.05, 3.63) is 12.3 Å². The molecule has 4 heteroatoms. The molecule has 0 saturated heterocycles. The van der Waals surface area contributed by atoms with Gasteiger partial charge >= 0.3 is 5.92 Å². The van der Waals surface area contributed by atoms with Crippen LogP contribution in [0.25, 0.3) is 0 Å². The normalized spacial score (nSPS) is 44.1. The summed E-state index contributed by atoms with van der Waals surface area (Å²) in [6.07, 6.45) is 3.68. The van der Waals surface area contributed by atoms with E-state index in [0.717, 1.165) is 19.3 Å². The quantitative estimate of drug-likeness (QED) is 0.763. The smallest absolute Gasteiger partial charge is 0.328 e. The van der Waals surface area contributed by atoms with Gasteiger partial charge in [0.05, 0.1) is 0 Å². The van der Waals surface area contributed by atoms with E-state index in [-0.39, 0.29) is 0 Å². The van der Waals surface area contributed by atoms with Crippen LogP contribution in [-0.2, 0) is 0 Å². The van der Waals surface area contributed by atoms with E-state index in [0.29, 0.717) is 37.0 Å². The molecule has 4 aliphatic rings. The Morgan fingerprint density at radius 3 is 1.83 bits per heavy atom. The molecule has 4 saturated carbocycles. The number of aliphatic hydroxyl groups is 2. The van der Waals surface area contributed by atoms with E-state index < -0.39 is 23.2 Å². The summed E-state index contributed by atoms with van der Waals surface area (Å²) in [5, 5.41) is 19.2. The molecule has 18 heavy (non-hydrogen) atoms. The molecule has 2 N–H and O–H groups in total. The van der Waals surface area contributed by atoms with Gasteiger partial charge in [0.2, 0.25) is 0 Å². The summed E-state index contributed by atoms with van der Waals surface area (Å²) in [6, 6.07) is 0. The van der Waals surface area contributed by atoms with Crippen LogP contribution in [0.4, 0.5) is 8.78 Å². The molecular weight excluding hydrogens is 238 g/mol. The van der Waals surface area contributed by atoms with Crippen molar-refractivity contribution >= 4 is 0 Å². The van der Waals surface area contributed by atoms with E-state index in [2.05, 4.69) is 6.58 Å². The standard InChI is InChI=1S/C14H20F2O2/c1-8(17)14(15,16)12(18)13-5-9-2-10(6-13)4-11(3-9)7-13/h9-12,17-18H,1-7H2. The van der Waals surface area contributed by atoms with Crippen LogP contribution in [0.2, 0.25) is 0 Å². The van der Waals surface area contributed by atoms with Crippen molar-refractivity contribution in [3.63, 3.8) is 0 Å². The average Bonchev–Trinajstić information content (AvgIpc) is 2.25. The van der Waals surface area contributed by atoms with E-state index in [4.69, 9.17) is 5.11 Å². The molecule has 0 aromatic carbocycles. The first kappa shape index (κ1) is 12.4. The van der Waals surface area contributed by atoms with Crippen molar-refractivity contribution < 1.29 is 19.0 Å². The molecule has 4 fully saturated rings. The van der Waals surface area contributed by atoms with Gasteiger partial charge in [0.15, 0.2) is 5.76 Å². The predicted octanol–water partition coefficient (Wildman–Crippen LogP) is 3.27. The lowest BCUT2D eigenvalue weighted by Crippen LogP contribution is -2.57. The van der Waals surface area contributed by atoms with Gasteiger partial charge in [-0.15, -0.1) is 0 Å². The molecular formula is C14H20F2O2. The largest absolute Gasteiger partial charge is 0.507 e. The molecule has 0 spiro atoms. The Labute approximate surface area is 106 Å². The number of hydrogen-bond acceptors (Lipinski definition) is 2. The predicted molar refractivity (Wildman–Crippen MR) is 63.3 cm³/mol. The van der Waals surface area contributed by atoms with Crippen LogP contribution in [0.1, 0.15) is 38.5 Å². The van der Waals surface area contributed by atoms with E-state index in [1.807, 2.05) is 0 Å². The first-order chi connectivity index (χ1) is 8.33. The van der Waals surface area contributed by atoms with Crippen molar-refractivity contribution in [2.45, 2.75) is 50.6 Å². The van der Waals surface area contributed by atoms with Crippen LogP contribution >= 0.6 is 0 Å². The average molecular weight is 258 g/mol. The van der Waals surface area contributed by atoms with Gasteiger partial charge in [-0.05, 0) is 56.3 Å². The molecule has 0 heterocycles.